The minimum Gasteiger partial charge on any atom is -0.357 e. The van der Waals surface area contributed by atoms with E-state index in [2.05, 4.69) is 32.7 Å². The molecule has 0 unspecified atom stereocenters. The fraction of sp³-hybridized carbons (Fsp3) is 0.438. The standard InChI is InChI=1S/C16H22ClN5O/c1-3-5-9-19-16(18-4-2)20-11-14-21-15(22-23-14)12-7-6-8-13(17)10-12/h6-8,10H,3-5,9,11H2,1-2H3,(H2,18,19,20). The number of benzene rings is 1. The largest absolute Gasteiger partial charge is 0.357 e. The van der Waals surface area contributed by atoms with E-state index in [0.717, 1.165) is 37.5 Å². The van der Waals surface area contributed by atoms with Gasteiger partial charge in [0.1, 0.15) is 6.54 Å². The first-order valence-corrected chi connectivity index (χ1v) is 8.21. The highest BCUT2D eigenvalue weighted by Crippen LogP contribution is 2.19. The van der Waals surface area contributed by atoms with Gasteiger partial charge in [0.2, 0.25) is 11.7 Å². The van der Waals surface area contributed by atoms with Gasteiger partial charge in [0.15, 0.2) is 5.96 Å². The van der Waals surface area contributed by atoms with Crippen LogP contribution in [-0.2, 0) is 6.54 Å². The van der Waals surface area contributed by atoms with Crippen molar-refractivity contribution >= 4 is 17.6 Å². The van der Waals surface area contributed by atoms with Crippen molar-refractivity contribution in [1.82, 2.24) is 20.8 Å². The van der Waals surface area contributed by atoms with Crippen LogP contribution in [-0.4, -0.2) is 29.2 Å². The lowest BCUT2D eigenvalue weighted by Crippen LogP contribution is -2.37. The maximum Gasteiger partial charge on any atom is 0.248 e. The van der Waals surface area contributed by atoms with Crippen LogP contribution in [0.3, 0.4) is 0 Å². The molecule has 1 aromatic carbocycles. The van der Waals surface area contributed by atoms with Crippen LogP contribution in [0.5, 0.6) is 0 Å². The Balaban J connectivity index is 2.00. The molecule has 2 aromatic rings. The summed E-state index contributed by atoms with van der Waals surface area (Å²) >= 11 is 5.97. The lowest BCUT2D eigenvalue weighted by Gasteiger charge is -2.09. The Labute approximate surface area is 141 Å². The van der Waals surface area contributed by atoms with E-state index >= 15 is 0 Å². The van der Waals surface area contributed by atoms with E-state index in [1.54, 1.807) is 12.1 Å². The molecular formula is C16H22ClN5O. The van der Waals surface area contributed by atoms with Gasteiger partial charge in [0, 0.05) is 23.7 Å². The fourth-order valence-electron chi connectivity index (χ4n) is 1.94. The molecule has 0 bridgehead atoms. The number of aromatic nitrogens is 2. The highest BCUT2D eigenvalue weighted by molar-refractivity contribution is 6.30. The average molecular weight is 336 g/mol. The van der Waals surface area contributed by atoms with E-state index < -0.39 is 0 Å². The van der Waals surface area contributed by atoms with Crippen molar-refractivity contribution in [1.29, 1.82) is 0 Å². The monoisotopic (exact) mass is 335 g/mol. The molecule has 1 heterocycles. The fourth-order valence-corrected chi connectivity index (χ4v) is 2.13. The molecule has 0 spiro atoms. The first-order chi connectivity index (χ1) is 11.2. The number of aliphatic imine (C=N–C) groups is 1. The summed E-state index contributed by atoms with van der Waals surface area (Å²) in [4.78, 5) is 8.80. The van der Waals surface area contributed by atoms with E-state index in [9.17, 15) is 0 Å². The van der Waals surface area contributed by atoms with E-state index in [4.69, 9.17) is 16.1 Å². The summed E-state index contributed by atoms with van der Waals surface area (Å²) in [5, 5.41) is 11.1. The number of nitrogens with one attached hydrogen (secondary N) is 2. The number of rotatable bonds is 7. The molecule has 1 aromatic heterocycles. The van der Waals surface area contributed by atoms with Crippen LogP contribution in [0.15, 0.2) is 33.8 Å². The van der Waals surface area contributed by atoms with Crippen LogP contribution in [0.25, 0.3) is 11.4 Å². The van der Waals surface area contributed by atoms with Gasteiger partial charge in [-0.25, -0.2) is 4.99 Å². The molecule has 0 atom stereocenters. The number of nitrogens with zero attached hydrogens (tertiary/aromatic N) is 3. The van der Waals surface area contributed by atoms with Gasteiger partial charge in [-0.2, -0.15) is 4.98 Å². The van der Waals surface area contributed by atoms with Gasteiger partial charge in [-0.1, -0.05) is 42.2 Å². The third-order valence-electron chi connectivity index (χ3n) is 3.09. The molecule has 0 saturated heterocycles. The second-order valence-corrected chi connectivity index (χ2v) is 5.43. The molecule has 0 aliphatic carbocycles. The molecule has 0 amide bonds. The molecule has 6 nitrogen and oxygen atoms in total. The van der Waals surface area contributed by atoms with Gasteiger partial charge in [-0.15, -0.1) is 0 Å². The summed E-state index contributed by atoms with van der Waals surface area (Å²) in [5.74, 6) is 1.73. The predicted octanol–water partition coefficient (Wildman–Crippen LogP) is 3.25. The topological polar surface area (TPSA) is 75.3 Å². The van der Waals surface area contributed by atoms with Gasteiger partial charge in [0.05, 0.1) is 0 Å². The van der Waals surface area contributed by atoms with Crippen molar-refractivity contribution in [2.45, 2.75) is 33.2 Å². The average Bonchev–Trinajstić information content (AvgIpc) is 3.02. The molecule has 23 heavy (non-hydrogen) atoms. The lowest BCUT2D eigenvalue weighted by atomic mass is 10.2. The normalized spacial score (nSPS) is 11.5. The van der Waals surface area contributed by atoms with Crippen molar-refractivity contribution in [3.63, 3.8) is 0 Å². The Morgan fingerprint density at radius 2 is 2.17 bits per heavy atom. The summed E-state index contributed by atoms with van der Waals surface area (Å²) in [6.07, 6.45) is 2.24. The Morgan fingerprint density at radius 1 is 1.30 bits per heavy atom. The minimum absolute atomic E-state index is 0.328. The third-order valence-corrected chi connectivity index (χ3v) is 3.33. The molecule has 7 heteroatoms. The van der Waals surface area contributed by atoms with Gasteiger partial charge in [-0.3, -0.25) is 0 Å². The summed E-state index contributed by atoms with van der Waals surface area (Å²) in [6, 6.07) is 7.35. The zero-order valence-electron chi connectivity index (χ0n) is 13.5. The smallest absolute Gasteiger partial charge is 0.248 e. The molecule has 0 aliphatic rings. The van der Waals surface area contributed by atoms with Crippen LogP contribution in [0.1, 0.15) is 32.6 Å². The van der Waals surface area contributed by atoms with Crippen molar-refractivity contribution in [3.05, 3.63) is 35.2 Å². The predicted molar refractivity (Wildman–Crippen MR) is 92.5 cm³/mol. The number of hydrogen-bond acceptors (Lipinski definition) is 4. The van der Waals surface area contributed by atoms with E-state index in [-0.39, 0.29) is 0 Å². The van der Waals surface area contributed by atoms with Crippen molar-refractivity contribution < 1.29 is 4.52 Å². The maximum absolute atomic E-state index is 5.97. The first-order valence-electron chi connectivity index (χ1n) is 7.83. The second kappa shape index (κ2) is 9.15. The Bertz CT molecular complexity index is 641. The molecule has 124 valence electrons. The molecule has 0 aliphatic heterocycles. The van der Waals surface area contributed by atoms with Crippen LogP contribution in [0.2, 0.25) is 5.02 Å². The molecule has 0 fully saturated rings. The molecule has 2 N–H and O–H groups in total. The van der Waals surface area contributed by atoms with Crippen LogP contribution in [0, 0.1) is 0 Å². The maximum atomic E-state index is 5.97. The Morgan fingerprint density at radius 3 is 2.91 bits per heavy atom. The van der Waals surface area contributed by atoms with Gasteiger partial charge < -0.3 is 15.2 Å². The Kier molecular flexibility index (Phi) is 6.87. The van der Waals surface area contributed by atoms with Crippen LogP contribution >= 0.6 is 11.6 Å². The third kappa shape index (κ3) is 5.56. The summed E-state index contributed by atoms with van der Waals surface area (Å²) in [7, 11) is 0. The van der Waals surface area contributed by atoms with Crippen molar-refractivity contribution in [3.8, 4) is 11.4 Å². The van der Waals surface area contributed by atoms with Gasteiger partial charge in [0.25, 0.3) is 0 Å². The number of halogens is 1. The van der Waals surface area contributed by atoms with Gasteiger partial charge >= 0.3 is 0 Å². The minimum atomic E-state index is 0.328. The summed E-state index contributed by atoms with van der Waals surface area (Å²) < 4.78 is 5.25. The van der Waals surface area contributed by atoms with Gasteiger partial charge in [-0.05, 0) is 25.5 Å². The second-order valence-electron chi connectivity index (χ2n) is 5.00. The highest BCUT2D eigenvalue weighted by atomic mass is 35.5. The van der Waals surface area contributed by atoms with E-state index in [0.29, 0.717) is 23.3 Å². The SMILES string of the molecule is CCCCNC(=NCc1nc(-c2cccc(Cl)c2)no1)NCC. The molecular weight excluding hydrogens is 314 g/mol. The van der Waals surface area contributed by atoms with Crippen LogP contribution in [0.4, 0.5) is 0 Å². The highest BCUT2D eigenvalue weighted by Gasteiger charge is 2.09. The van der Waals surface area contributed by atoms with Crippen molar-refractivity contribution in [2.24, 2.45) is 4.99 Å². The quantitative estimate of drug-likeness (QED) is 0.461. The van der Waals surface area contributed by atoms with E-state index in [1.165, 1.54) is 0 Å². The summed E-state index contributed by atoms with van der Waals surface area (Å²) in [6.45, 7) is 6.20. The number of unbranched alkanes of at least 4 members (excludes halogenated alkanes) is 1. The van der Waals surface area contributed by atoms with Crippen molar-refractivity contribution in [2.75, 3.05) is 13.1 Å². The number of guanidine groups is 1. The molecule has 0 saturated carbocycles. The number of hydrogen-bond donors (Lipinski definition) is 2. The zero-order valence-corrected chi connectivity index (χ0v) is 14.2. The lowest BCUT2D eigenvalue weighted by molar-refractivity contribution is 0.380. The zero-order chi connectivity index (χ0) is 16.5. The summed E-state index contributed by atoms with van der Waals surface area (Å²) in [5.41, 5.74) is 0.824. The first kappa shape index (κ1) is 17.3. The van der Waals surface area contributed by atoms with Crippen LogP contribution < -0.4 is 10.6 Å². The molecule has 2 rings (SSSR count). The Hall–Kier alpha value is -2.08. The molecule has 0 radical (unpaired) electrons. The van der Waals surface area contributed by atoms with E-state index in [1.807, 2.05) is 19.1 Å².